The minimum Gasteiger partial charge on any atom is -0.445 e. The van der Waals surface area contributed by atoms with Crippen molar-refractivity contribution in [3.8, 4) is 0 Å². The molecule has 0 bridgehead atoms. The molecule has 2 heterocycles. The Labute approximate surface area is 125 Å². The van der Waals surface area contributed by atoms with E-state index in [2.05, 4.69) is 10.3 Å². The SMILES string of the molecule is Cc1cnc(CNC2CCN(C(=O)OC(C)(C)C)CC2)o1. The molecule has 1 N–H and O–H groups in total. The summed E-state index contributed by atoms with van der Waals surface area (Å²) in [5.41, 5.74) is -0.436. The van der Waals surface area contributed by atoms with Crippen LogP contribution in [0.2, 0.25) is 0 Å². The molecule has 1 amide bonds. The monoisotopic (exact) mass is 295 g/mol. The van der Waals surface area contributed by atoms with E-state index < -0.39 is 5.60 Å². The standard InChI is InChI=1S/C15H25N3O3/c1-11-9-17-13(20-11)10-16-12-5-7-18(8-6-12)14(19)21-15(2,3)4/h9,12,16H,5-8,10H2,1-4H3. The first-order valence-electron chi connectivity index (χ1n) is 7.46. The molecule has 1 aliphatic rings. The molecule has 118 valence electrons. The number of amides is 1. The van der Waals surface area contributed by atoms with Gasteiger partial charge >= 0.3 is 6.09 Å². The molecule has 1 saturated heterocycles. The third-order valence-corrected chi connectivity index (χ3v) is 3.36. The first-order chi connectivity index (χ1) is 9.83. The van der Waals surface area contributed by atoms with E-state index in [-0.39, 0.29) is 6.09 Å². The predicted molar refractivity (Wildman–Crippen MR) is 78.9 cm³/mol. The maximum Gasteiger partial charge on any atom is 0.410 e. The van der Waals surface area contributed by atoms with E-state index >= 15 is 0 Å². The Hall–Kier alpha value is -1.56. The average Bonchev–Trinajstić information content (AvgIpc) is 2.81. The molecule has 0 saturated carbocycles. The molecule has 0 radical (unpaired) electrons. The number of oxazole rings is 1. The van der Waals surface area contributed by atoms with Gasteiger partial charge in [0.15, 0.2) is 0 Å². The highest BCUT2D eigenvalue weighted by atomic mass is 16.6. The van der Waals surface area contributed by atoms with E-state index in [1.54, 1.807) is 11.1 Å². The Morgan fingerprint density at radius 3 is 2.67 bits per heavy atom. The zero-order valence-corrected chi connectivity index (χ0v) is 13.3. The highest BCUT2D eigenvalue weighted by Crippen LogP contribution is 2.15. The first-order valence-corrected chi connectivity index (χ1v) is 7.46. The summed E-state index contributed by atoms with van der Waals surface area (Å²) >= 11 is 0. The average molecular weight is 295 g/mol. The van der Waals surface area contributed by atoms with Gasteiger partial charge in [0.1, 0.15) is 11.4 Å². The molecule has 0 unspecified atom stereocenters. The van der Waals surface area contributed by atoms with Crippen molar-refractivity contribution in [2.75, 3.05) is 13.1 Å². The quantitative estimate of drug-likeness (QED) is 0.928. The molecule has 2 rings (SSSR count). The Bertz CT molecular complexity index is 471. The van der Waals surface area contributed by atoms with Crippen LogP contribution in [0.3, 0.4) is 0 Å². The summed E-state index contributed by atoms with van der Waals surface area (Å²) in [5.74, 6) is 1.54. The number of ether oxygens (including phenoxy) is 1. The number of carbonyl (C=O) groups is 1. The van der Waals surface area contributed by atoms with Crippen LogP contribution in [0, 0.1) is 6.92 Å². The number of aryl methyl sites for hydroxylation is 1. The van der Waals surface area contributed by atoms with Gasteiger partial charge in [0, 0.05) is 19.1 Å². The minimum atomic E-state index is -0.436. The number of nitrogens with zero attached hydrogens (tertiary/aromatic N) is 2. The van der Waals surface area contributed by atoms with E-state index in [1.807, 2.05) is 27.7 Å². The van der Waals surface area contributed by atoms with Gasteiger partial charge in [-0.2, -0.15) is 0 Å². The number of aromatic nitrogens is 1. The predicted octanol–water partition coefficient (Wildman–Crippen LogP) is 2.47. The van der Waals surface area contributed by atoms with Gasteiger partial charge in [-0.1, -0.05) is 0 Å². The topological polar surface area (TPSA) is 67.6 Å². The Morgan fingerprint density at radius 1 is 1.48 bits per heavy atom. The molecule has 6 heteroatoms. The van der Waals surface area contributed by atoms with Gasteiger partial charge in [-0.05, 0) is 40.5 Å². The molecular formula is C15H25N3O3. The number of hydrogen-bond acceptors (Lipinski definition) is 5. The Balaban J connectivity index is 1.72. The van der Waals surface area contributed by atoms with E-state index in [1.165, 1.54) is 0 Å². The fourth-order valence-electron chi connectivity index (χ4n) is 2.31. The Kier molecular flexibility index (Phi) is 4.88. The lowest BCUT2D eigenvalue weighted by Crippen LogP contribution is -2.46. The second-order valence-electron chi connectivity index (χ2n) is 6.49. The minimum absolute atomic E-state index is 0.218. The van der Waals surface area contributed by atoms with Gasteiger partial charge in [-0.3, -0.25) is 0 Å². The van der Waals surface area contributed by atoms with Crippen molar-refractivity contribution in [2.24, 2.45) is 0 Å². The third-order valence-electron chi connectivity index (χ3n) is 3.36. The molecule has 1 fully saturated rings. The number of likely N-dealkylation sites (tertiary alicyclic amines) is 1. The lowest BCUT2D eigenvalue weighted by molar-refractivity contribution is 0.0197. The summed E-state index contributed by atoms with van der Waals surface area (Å²) in [6.45, 7) is 9.61. The summed E-state index contributed by atoms with van der Waals surface area (Å²) in [6, 6.07) is 0.385. The lowest BCUT2D eigenvalue weighted by atomic mass is 10.1. The fraction of sp³-hybridized carbons (Fsp3) is 0.733. The zero-order chi connectivity index (χ0) is 15.5. The summed E-state index contributed by atoms with van der Waals surface area (Å²) in [7, 11) is 0. The van der Waals surface area contributed by atoms with Crippen molar-refractivity contribution in [1.29, 1.82) is 0 Å². The van der Waals surface area contributed by atoms with E-state index in [9.17, 15) is 4.79 Å². The van der Waals surface area contributed by atoms with Crippen LogP contribution in [0.25, 0.3) is 0 Å². The van der Waals surface area contributed by atoms with Crippen molar-refractivity contribution in [3.63, 3.8) is 0 Å². The number of hydrogen-bond donors (Lipinski definition) is 1. The van der Waals surface area contributed by atoms with Crippen LogP contribution in [0.15, 0.2) is 10.6 Å². The van der Waals surface area contributed by atoms with Crippen LogP contribution in [0.4, 0.5) is 4.79 Å². The van der Waals surface area contributed by atoms with Crippen molar-refractivity contribution >= 4 is 6.09 Å². The van der Waals surface area contributed by atoms with Crippen LogP contribution < -0.4 is 5.32 Å². The lowest BCUT2D eigenvalue weighted by Gasteiger charge is -2.33. The second-order valence-corrected chi connectivity index (χ2v) is 6.49. The van der Waals surface area contributed by atoms with Gasteiger partial charge in [0.2, 0.25) is 5.89 Å². The largest absolute Gasteiger partial charge is 0.445 e. The molecule has 0 atom stereocenters. The maximum atomic E-state index is 12.0. The van der Waals surface area contributed by atoms with Crippen LogP contribution in [0.5, 0.6) is 0 Å². The van der Waals surface area contributed by atoms with Crippen molar-refractivity contribution in [2.45, 2.75) is 58.7 Å². The van der Waals surface area contributed by atoms with E-state index in [0.717, 1.165) is 31.7 Å². The van der Waals surface area contributed by atoms with E-state index in [0.29, 0.717) is 18.5 Å². The van der Waals surface area contributed by atoms with E-state index in [4.69, 9.17) is 9.15 Å². The summed E-state index contributed by atoms with van der Waals surface area (Å²) in [6.07, 6.45) is 3.34. The first kappa shape index (κ1) is 15.8. The number of nitrogens with one attached hydrogen (secondary N) is 1. The molecule has 1 aliphatic heterocycles. The molecule has 1 aromatic rings. The van der Waals surface area contributed by atoms with Crippen LogP contribution in [-0.4, -0.2) is 40.7 Å². The number of piperidine rings is 1. The zero-order valence-electron chi connectivity index (χ0n) is 13.3. The summed E-state index contributed by atoms with van der Waals surface area (Å²) in [5, 5.41) is 3.42. The highest BCUT2D eigenvalue weighted by Gasteiger charge is 2.26. The second kappa shape index (κ2) is 6.47. The summed E-state index contributed by atoms with van der Waals surface area (Å²) < 4.78 is 10.8. The van der Waals surface area contributed by atoms with Gasteiger partial charge in [-0.25, -0.2) is 9.78 Å². The molecule has 0 aromatic carbocycles. The maximum absolute atomic E-state index is 12.0. The van der Waals surface area contributed by atoms with Gasteiger partial charge in [-0.15, -0.1) is 0 Å². The van der Waals surface area contributed by atoms with Crippen molar-refractivity contribution in [3.05, 3.63) is 17.8 Å². The van der Waals surface area contributed by atoms with Crippen molar-refractivity contribution < 1.29 is 13.9 Å². The molecule has 0 aliphatic carbocycles. The summed E-state index contributed by atoms with van der Waals surface area (Å²) in [4.78, 5) is 17.9. The molecule has 0 spiro atoms. The normalized spacial score (nSPS) is 17.0. The van der Waals surface area contributed by atoms with Crippen LogP contribution >= 0.6 is 0 Å². The van der Waals surface area contributed by atoms with Crippen LogP contribution in [-0.2, 0) is 11.3 Å². The van der Waals surface area contributed by atoms with Crippen LogP contribution in [0.1, 0.15) is 45.3 Å². The van der Waals surface area contributed by atoms with Crippen molar-refractivity contribution in [1.82, 2.24) is 15.2 Å². The highest BCUT2D eigenvalue weighted by molar-refractivity contribution is 5.68. The fourth-order valence-corrected chi connectivity index (χ4v) is 2.31. The van der Waals surface area contributed by atoms with Gasteiger partial charge < -0.3 is 19.4 Å². The number of carbonyl (C=O) groups excluding carboxylic acids is 1. The molecular weight excluding hydrogens is 270 g/mol. The third kappa shape index (κ3) is 5.04. The Morgan fingerprint density at radius 2 is 2.14 bits per heavy atom. The van der Waals surface area contributed by atoms with Gasteiger partial charge in [0.05, 0.1) is 12.7 Å². The smallest absolute Gasteiger partial charge is 0.410 e. The molecule has 1 aromatic heterocycles. The number of rotatable bonds is 3. The van der Waals surface area contributed by atoms with Gasteiger partial charge in [0.25, 0.3) is 0 Å². The molecule has 21 heavy (non-hydrogen) atoms. The molecule has 6 nitrogen and oxygen atoms in total.